The van der Waals surface area contributed by atoms with Crippen LogP contribution in [-0.4, -0.2) is 36.3 Å². The lowest BCUT2D eigenvalue weighted by Gasteiger charge is -2.25. The van der Waals surface area contributed by atoms with Gasteiger partial charge in [0.1, 0.15) is 0 Å². The number of methoxy groups -OCH3 is 2. The highest BCUT2D eigenvalue weighted by atomic mass is 32.1. The van der Waals surface area contributed by atoms with Crippen molar-refractivity contribution in [2.75, 3.05) is 20.8 Å². The van der Waals surface area contributed by atoms with E-state index >= 15 is 0 Å². The Labute approximate surface area is 222 Å². The predicted molar refractivity (Wildman–Crippen MR) is 142 cm³/mol. The van der Waals surface area contributed by atoms with Gasteiger partial charge in [-0.3, -0.25) is 19.5 Å². The van der Waals surface area contributed by atoms with Crippen molar-refractivity contribution in [1.29, 1.82) is 0 Å². The molecule has 2 aromatic carbocycles. The molecule has 0 fully saturated rings. The number of carbonyl (C=O) groups is 1. The fourth-order valence-corrected chi connectivity index (χ4v) is 5.23. The number of nitrogens with zero attached hydrogens (tertiary/aromatic N) is 3. The number of nitro benzene ring substituents is 1. The fourth-order valence-electron chi connectivity index (χ4n) is 4.19. The van der Waals surface area contributed by atoms with Crippen molar-refractivity contribution in [2.24, 2.45) is 4.99 Å². The molecule has 1 aliphatic heterocycles. The lowest BCUT2D eigenvalue weighted by Crippen LogP contribution is -2.39. The van der Waals surface area contributed by atoms with Crippen LogP contribution in [0.3, 0.4) is 0 Å². The number of hydrogen-bond acceptors (Lipinski definition) is 9. The SMILES string of the molecule is CCCCOc1ccc(C2C(C(=O)OC)=C(C)N=c3s/c(=C\c4cccc([N+](=O)[O-])c4)c(=O)n32)cc1OC. The van der Waals surface area contributed by atoms with Gasteiger partial charge in [-0.05, 0) is 42.7 Å². The number of ether oxygens (including phenoxy) is 3. The number of rotatable bonds is 9. The number of non-ortho nitro benzene ring substituents is 1. The number of benzene rings is 2. The smallest absolute Gasteiger partial charge is 0.338 e. The van der Waals surface area contributed by atoms with Crippen molar-refractivity contribution in [1.82, 2.24) is 4.57 Å². The molecule has 4 rings (SSSR count). The fraction of sp³-hybridized carbons (Fsp3) is 0.296. The third-order valence-corrected chi connectivity index (χ3v) is 7.05. The molecule has 11 heteroatoms. The molecule has 0 N–H and O–H groups in total. The molecule has 1 atom stereocenters. The Morgan fingerprint density at radius 2 is 2.00 bits per heavy atom. The summed E-state index contributed by atoms with van der Waals surface area (Å²) in [6, 6.07) is 10.5. The van der Waals surface area contributed by atoms with Crippen molar-refractivity contribution in [3.8, 4) is 11.5 Å². The summed E-state index contributed by atoms with van der Waals surface area (Å²) in [6.45, 7) is 4.30. The highest BCUT2D eigenvalue weighted by molar-refractivity contribution is 7.07. The third-order valence-electron chi connectivity index (χ3n) is 6.06. The number of unbranched alkanes of at least 4 members (excludes halogenated alkanes) is 1. The first kappa shape index (κ1) is 26.8. The molecule has 0 saturated carbocycles. The van der Waals surface area contributed by atoms with E-state index in [0.717, 1.165) is 24.2 Å². The highest BCUT2D eigenvalue weighted by Gasteiger charge is 2.33. The van der Waals surface area contributed by atoms with Crippen molar-refractivity contribution in [3.63, 3.8) is 0 Å². The van der Waals surface area contributed by atoms with E-state index in [1.807, 2.05) is 0 Å². The van der Waals surface area contributed by atoms with Gasteiger partial charge < -0.3 is 14.2 Å². The van der Waals surface area contributed by atoms with Gasteiger partial charge in [0.25, 0.3) is 11.2 Å². The maximum Gasteiger partial charge on any atom is 0.338 e. The zero-order valence-corrected chi connectivity index (χ0v) is 22.2. The number of nitro groups is 1. The Morgan fingerprint density at radius 1 is 1.21 bits per heavy atom. The minimum absolute atomic E-state index is 0.0819. The standard InChI is InChI=1S/C27H27N3O7S/c1-5-6-12-37-20-11-10-18(15-21(20)35-3)24-23(26(32)36-4)16(2)28-27-29(24)25(31)22(38-27)14-17-8-7-9-19(13-17)30(33)34/h7-11,13-15,24H,5-6,12H2,1-4H3/b22-14-. The minimum Gasteiger partial charge on any atom is -0.493 e. The second kappa shape index (κ2) is 11.4. The van der Waals surface area contributed by atoms with Crippen LogP contribution in [0.2, 0.25) is 0 Å². The summed E-state index contributed by atoms with van der Waals surface area (Å²) in [4.78, 5) is 42.2. The molecular formula is C27H27N3O7S. The van der Waals surface area contributed by atoms with Crippen LogP contribution < -0.4 is 24.4 Å². The monoisotopic (exact) mass is 537 g/mol. The van der Waals surface area contributed by atoms with Gasteiger partial charge in [0.2, 0.25) is 0 Å². The molecule has 0 bridgehead atoms. The number of hydrogen-bond donors (Lipinski definition) is 0. The second-order valence-corrected chi connectivity index (χ2v) is 9.55. The molecule has 0 radical (unpaired) electrons. The molecule has 10 nitrogen and oxygen atoms in total. The van der Waals surface area contributed by atoms with E-state index in [2.05, 4.69) is 11.9 Å². The van der Waals surface area contributed by atoms with Gasteiger partial charge in [-0.25, -0.2) is 9.79 Å². The molecule has 38 heavy (non-hydrogen) atoms. The van der Waals surface area contributed by atoms with Crippen molar-refractivity contribution in [3.05, 3.63) is 94.7 Å². The first-order chi connectivity index (χ1) is 18.3. The van der Waals surface area contributed by atoms with E-state index in [9.17, 15) is 19.7 Å². The number of thiazole rings is 1. The zero-order chi connectivity index (χ0) is 27.4. The van der Waals surface area contributed by atoms with Crippen LogP contribution in [0, 0.1) is 10.1 Å². The lowest BCUT2D eigenvalue weighted by molar-refractivity contribution is -0.384. The average molecular weight is 538 g/mol. The maximum atomic E-state index is 13.7. The van der Waals surface area contributed by atoms with Crippen molar-refractivity contribution in [2.45, 2.75) is 32.7 Å². The molecule has 0 aliphatic carbocycles. The third kappa shape index (κ3) is 5.23. The zero-order valence-electron chi connectivity index (χ0n) is 21.4. The maximum absolute atomic E-state index is 13.7. The van der Waals surface area contributed by atoms with Crippen LogP contribution in [0.4, 0.5) is 5.69 Å². The largest absolute Gasteiger partial charge is 0.493 e. The van der Waals surface area contributed by atoms with Gasteiger partial charge in [-0.15, -0.1) is 0 Å². The molecule has 0 saturated heterocycles. The quantitative estimate of drug-likeness (QED) is 0.177. The van der Waals surface area contributed by atoms with Crippen LogP contribution in [0.15, 0.2) is 63.5 Å². The molecule has 2 heterocycles. The van der Waals surface area contributed by atoms with Crippen LogP contribution >= 0.6 is 11.3 Å². The Morgan fingerprint density at radius 3 is 2.68 bits per heavy atom. The molecule has 1 aromatic heterocycles. The Kier molecular flexibility index (Phi) is 8.06. The summed E-state index contributed by atoms with van der Waals surface area (Å²) in [7, 11) is 2.80. The van der Waals surface area contributed by atoms with Crippen LogP contribution in [0.25, 0.3) is 6.08 Å². The van der Waals surface area contributed by atoms with Gasteiger partial charge in [0.15, 0.2) is 16.3 Å². The molecule has 3 aromatic rings. The summed E-state index contributed by atoms with van der Waals surface area (Å²) in [6.07, 6.45) is 3.45. The predicted octanol–water partition coefficient (Wildman–Crippen LogP) is 3.50. The number of allylic oxidation sites excluding steroid dienone is 1. The van der Waals surface area contributed by atoms with Crippen LogP contribution in [-0.2, 0) is 9.53 Å². The first-order valence-corrected chi connectivity index (χ1v) is 12.8. The van der Waals surface area contributed by atoms with Gasteiger partial charge in [0, 0.05) is 12.1 Å². The van der Waals surface area contributed by atoms with Crippen LogP contribution in [0.5, 0.6) is 11.5 Å². The van der Waals surface area contributed by atoms with E-state index in [0.29, 0.717) is 44.3 Å². The van der Waals surface area contributed by atoms with Gasteiger partial charge in [-0.1, -0.05) is 42.9 Å². The number of aromatic nitrogens is 1. The molecule has 1 unspecified atom stereocenters. The molecule has 0 spiro atoms. The van der Waals surface area contributed by atoms with E-state index in [1.54, 1.807) is 43.3 Å². The summed E-state index contributed by atoms with van der Waals surface area (Å²) in [5.41, 5.74) is 1.29. The number of fused-ring (bicyclic) bond motifs is 1. The molecular weight excluding hydrogens is 510 g/mol. The molecule has 1 aliphatic rings. The Balaban J connectivity index is 1.89. The van der Waals surface area contributed by atoms with Gasteiger partial charge in [0.05, 0.1) is 47.6 Å². The average Bonchev–Trinajstić information content (AvgIpc) is 3.21. The van der Waals surface area contributed by atoms with Crippen molar-refractivity contribution < 1.29 is 23.9 Å². The first-order valence-electron chi connectivity index (χ1n) is 11.9. The summed E-state index contributed by atoms with van der Waals surface area (Å²) < 4.78 is 18.2. The van der Waals surface area contributed by atoms with E-state index in [1.165, 1.54) is 30.9 Å². The van der Waals surface area contributed by atoms with Crippen molar-refractivity contribution >= 4 is 29.1 Å². The molecule has 0 amide bonds. The summed E-state index contributed by atoms with van der Waals surface area (Å²) in [5, 5.41) is 11.2. The summed E-state index contributed by atoms with van der Waals surface area (Å²) >= 11 is 1.14. The molecule has 198 valence electrons. The van der Waals surface area contributed by atoms with Crippen LogP contribution in [0.1, 0.15) is 43.9 Å². The summed E-state index contributed by atoms with van der Waals surface area (Å²) in [5.74, 6) is 0.422. The topological polar surface area (TPSA) is 122 Å². The highest BCUT2D eigenvalue weighted by Crippen LogP contribution is 2.36. The number of carbonyl (C=O) groups excluding carboxylic acids is 1. The van der Waals surface area contributed by atoms with E-state index in [4.69, 9.17) is 14.2 Å². The Bertz CT molecular complexity index is 1600. The minimum atomic E-state index is -0.829. The second-order valence-electron chi connectivity index (χ2n) is 8.54. The van der Waals surface area contributed by atoms with E-state index in [-0.39, 0.29) is 16.8 Å². The Hall–Kier alpha value is -4.25. The van der Waals surface area contributed by atoms with Gasteiger partial charge >= 0.3 is 5.97 Å². The normalized spacial score (nSPS) is 15.1. The number of esters is 1. The van der Waals surface area contributed by atoms with E-state index < -0.39 is 16.9 Å². The van der Waals surface area contributed by atoms with Gasteiger partial charge in [-0.2, -0.15) is 0 Å². The lowest BCUT2D eigenvalue weighted by atomic mass is 9.95.